The van der Waals surface area contributed by atoms with Crippen LogP contribution in [0.5, 0.6) is 5.75 Å². The third-order valence-corrected chi connectivity index (χ3v) is 4.21. The van der Waals surface area contributed by atoms with Crippen molar-refractivity contribution >= 4 is 29.4 Å². The van der Waals surface area contributed by atoms with E-state index in [1.165, 1.54) is 26.2 Å². The van der Waals surface area contributed by atoms with Crippen LogP contribution in [0.3, 0.4) is 0 Å². The summed E-state index contributed by atoms with van der Waals surface area (Å²) in [4.78, 5) is 49.8. The smallest absolute Gasteiger partial charge is 0.326 e. The summed E-state index contributed by atoms with van der Waals surface area (Å²) in [6, 6.07) is 13.1. The Morgan fingerprint density at radius 3 is 2.18 bits per heavy atom. The molecule has 3 amide bonds. The highest BCUT2D eigenvalue weighted by Gasteiger charge is 2.37. The van der Waals surface area contributed by atoms with Gasteiger partial charge in [-0.3, -0.25) is 24.1 Å². The zero-order chi connectivity index (χ0) is 20.3. The summed E-state index contributed by atoms with van der Waals surface area (Å²) >= 11 is 0. The van der Waals surface area contributed by atoms with E-state index in [1.54, 1.807) is 36.4 Å². The van der Waals surface area contributed by atoms with Crippen LogP contribution in [0, 0.1) is 0 Å². The minimum absolute atomic E-state index is 0.238. The van der Waals surface area contributed by atoms with Gasteiger partial charge in [0, 0.05) is 0 Å². The molecule has 8 nitrogen and oxygen atoms in total. The molecule has 0 fully saturated rings. The number of nitrogens with zero attached hydrogens (tertiary/aromatic N) is 1. The molecule has 2 aromatic carbocycles. The Kier molecular flexibility index (Phi) is 5.39. The highest BCUT2D eigenvalue weighted by atomic mass is 16.5. The second-order valence-electron chi connectivity index (χ2n) is 6.06. The second kappa shape index (κ2) is 7.91. The standard InChI is InChI=1S/C20H18N2O6/c1-12(18(24)21-15-9-5-6-10-16(15)27-2)28-17(23)11-22-19(25)13-7-3-4-8-14(13)20(22)26/h3-10,12H,11H2,1-2H3,(H,21,24)/t12-/m0/s1. The van der Waals surface area contributed by atoms with E-state index in [2.05, 4.69) is 5.32 Å². The molecule has 0 saturated carbocycles. The maximum atomic E-state index is 12.3. The Morgan fingerprint density at radius 2 is 1.57 bits per heavy atom. The van der Waals surface area contributed by atoms with Gasteiger partial charge in [-0.05, 0) is 31.2 Å². The van der Waals surface area contributed by atoms with E-state index in [9.17, 15) is 19.2 Å². The minimum atomic E-state index is -1.13. The van der Waals surface area contributed by atoms with Crippen LogP contribution in [0.4, 0.5) is 5.69 Å². The van der Waals surface area contributed by atoms with Crippen molar-refractivity contribution in [3.8, 4) is 5.75 Å². The largest absolute Gasteiger partial charge is 0.495 e. The van der Waals surface area contributed by atoms with Crippen molar-refractivity contribution in [3.05, 3.63) is 59.7 Å². The monoisotopic (exact) mass is 382 g/mol. The molecule has 0 aromatic heterocycles. The molecule has 0 bridgehead atoms. The van der Waals surface area contributed by atoms with Gasteiger partial charge in [-0.15, -0.1) is 0 Å². The van der Waals surface area contributed by atoms with Crippen LogP contribution in [-0.4, -0.2) is 48.3 Å². The number of anilines is 1. The number of ether oxygens (including phenoxy) is 2. The van der Waals surface area contributed by atoms with Gasteiger partial charge < -0.3 is 14.8 Å². The molecule has 144 valence electrons. The fraction of sp³-hybridized carbons (Fsp3) is 0.200. The Hall–Kier alpha value is -3.68. The zero-order valence-electron chi connectivity index (χ0n) is 15.3. The summed E-state index contributed by atoms with van der Waals surface area (Å²) in [7, 11) is 1.47. The molecule has 0 radical (unpaired) electrons. The number of hydrogen-bond donors (Lipinski definition) is 1. The molecular formula is C20H18N2O6. The van der Waals surface area contributed by atoms with Crippen molar-refractivity contribution < 1.29 is 28.7 Å². The number of carbonyl (C=O) groups is 4. The lowest BCUT2D eigenvalue weighted by Crippen LogP contribution is -2.38. The molecule has 2 aromatic rings. The summed E-state index contributed by atoms with van der Waals surface area (Å²) in [6.07, 6.45) is -1.13. The lowest BCUT2D eigenvalue weighted by atomic mass is 10.1. The Morgan fingerprint density at radius 1 is 1.00 bits per heavy atom. The maximum Gasteiger partial charge on any atom is 0.326 e. The van der Waals surface area contributed by atoms with E-state index in [-0.39, 0.29) is 11.1 Å². The molecule has 1 atom stereocenters. The number of hydrogen-bond acceptors (Lipinski definition) is 6. The Labute approximate surface area is 161 Å². The first kappa shape index (κ1) is 19.1. The van der Waals surface area contributed by atoms with E-state index >= 15 is 0 Å². The summed E-state index contributed by atoms with van der Waals surface area (Å²) in [5.41, 5.74) is 0.905. The third kappa shape index (κ3) is 3.71. The average Bonchev–Trinajstić information content (AvgIpc) is 2.93. The first-order valence-electron chi connectivity index (χ1n) is 8.51. The molecule has 1 aliphatic heterocycles. The molecule has 8 heteroatoms. The van der Waals surface area contributed by atoms with E-state index in [4.69, 9.17) is 9.47 Å². The van der Waals surface area contributed by atoms with Crippen LogP contribution in [-0.2, 0) is 14.3 Å². The van der Waals surface area contributed by atoms with Crippen LogP contribution in [0.2, 0.25) is 0 Å². The maximum absolute atomic E-state index is 12.3. The van der Waals surface area contributed by atoms with E-state index in [0.29, 0.717) is 11.4 Å². The van der Waals surface area contributed by atoms with Crippen LogP contribution in [0.25, 0.3) is 0 Å². The zero-order valence-corrected chi connectivity index (χ0v) is 15.3. The van der Waals surface area contributed by atoms with Crippen molar-refractivity contribution in [2.24, 2.45) is 0 Å². The van der Waals surface area contributed by atoms with Crippen molar-refractivity contribution in [1.29, 1.82) is 0 Å². The molecule has 28 heavy (non-hydrogen) atoms. The number of rotatable bonds is 6. The van der Waals surface area contributed by atoms with Crippen molar-refractivity contribution in [3.63, 3.8) is 0 Å². The van der Waals surface area contributed by atoms with Crippen LogP contribution in [0.1, 0.15) is 27.6 Å². The summed E-state index contributed by atoms with van der Waals surface area (Å²) in [5.74, 6) is -2.11. The Balaban J connectivity index is 1.60. The highest BCUT2D eigenvalue weighted by molar-refractivity contribution is 6.22. The fourth-order valence-corrected chi connectivity index (χ4v) is 2.78. The van der Waals surface area contributed by atoms with Crippen LogP contribution < -0.4 is 10.1 Å². The average molecular weight is 382 g/mol. The molecule has 1 N–H and O–H groups in total. The van der Waals surface area contributed by atoms with Crippen molar-refractivity contribution in [1.82, 2.24) is 4.90 Å². The number of amides is 3. The number of methoxy groups -OCH3 is 1. The first-order chi connectivity index (χ1) is 13.4. The summed E-state index contributed by atoms with van der Waals surface area (Å²) in [6.45, 7) is 0.823. The fourth-order valence-electron chi connectivity index (χ4n) is 2.78. The number of esters is 1. The lowest BCUT2D eigenvalue weighted by molar-refractivity contribution is -0.153. The predicted molar refractivity (Wildman–Crippen MR) is 99.0 cm³/mol. The van der Waals surface area contributed by atoms with E-state index in [1.807, 2.05) is 0 Å². The molecule has 3 rings (SSSR count). The van der Waals surface area contributed by atoms with Gasteiger partial charge >= 0.3 is 5.97 Å². The number of fused-ring (bicyclic) bond motifs is 1. The molecular weight excluding hydrogens is 364 g/mol. The van der Waals surface area contributed by atoms with Gasteiger partial charge in [0.2, 0.25) is 0 Å². The second-order valence-corrected chi connectivity index (χ2v) is 6.06. The number of benzene rings is 2. The topological polar surface area (TPSA) is 102 Å². The summed E-state index contributed by atoms with van der Waals surface area (Å²) in [5, 5.41) is 2.60. The SMILES string of the molecule is COc1ccccc1NC(=O)[C@H](C)OC(=O)CN1C(=O)c2ccccc2C1=O. The molecule has 1 aliphatic rings. The molecule has 0 aliphatic carbocycles. The van der Waals surface area contributed by atoms with Gasteiger partial charge in [0.1, 0.15) is 12.3 Å². The van der Waals surface area contributed by atoms with Gasteiger partial charge in [0.25, 0.3) is 17.7 Å². The van der Waals surface area contributed by atoms with Crippen molar-refractivity contribution in [2.75, 3.05) is 19.0 Å². The molecule has 0 unspecified atom stereocenters. The summed E-state index contributed by atoms with van der Waals surface area (Å²) < 4.78 is 10.2. The van der Waals surface area contributed by atoms with Crippen LogP contribution in [0.15, 0.2) is 48.5 Å². The lowest BCUT2D eigenvalue weighted by Gasteiger charge is -2.17. The first-order valence-corrected chi connectivity index (χ1v) is 8.51. The quantitative estimate of drug-likeness (QED) is 0.604. The van der Waals surface area contributed by atoms with E-state index in [0.717, 1.165) is 4.90 Å². The molecule has 0 saturated heterocycles. The molecule has 1 heterocycles. The number of carbonyl (C=O) groups excluding carboxylic acids is 4. The Bertz CT molecular complexity index is 920. The van der Waals surface area contributed by atoms with E-state index < -0.39 is 36.3 Å². The highest BCUT2D eigenvalue weighted by Crippen LogP contribution is 2.24. The van der Waals surface area contributed by atoms with Crippen molar-refractivity contribution in [2.45, 2.75) is 13.0 Å². The van der Waals surface area contributed by atoms with Gasteiger partial charge in [-0.1, -0.05) is 24.3 Å². The van der Waals surface area contributed by atoms with Gasteiger partial charge in [0.15, 0.2) is 6.10 Å². The number of nitrogens with one attached hydrogen (secondary N) is 1. The van der Waals surface area contributed by atoms with Crippen LogP contribution >= 0.6 is 0 Å². The van der Waals surface area contributed by atoms with Gasteiger partial charge in [-0.25, -0.2) is 0 Å². The minimum Gasteiger partial charge on any atom is -0.495 e. The number of para-hydroxylation sites is 2. The predicted octanol–water partition coefficient (Wildman–Crippen LogP) is 1.86. The molecule has 0 spiro atoms. The number of imide groups is 1. The third-order valence-electron chi connectivity index (χ3n) is 4.21. The normalized spacial score (nSPS) is 13.7. The van der Waals surface area contributed by atoms with Gasteiger partial charge in [-0.2, -0.15) is 0 Å². The van der Waals surface area contributed by atoms with Gasteiger partial charge in [0.05, 0.1) is 23.9 Å².